The second-order valence-electron chi connectivity index (χ2n) is 4.60. The van der Waals surface area contributed by atoms with E-state index in [1.54, 1.807) is 0 Å². The van der Waals surface area contributed by atoms with Crippen LogP contribution in [0.3, 0.4) is 0 Å². The average Bonchev–Trinajstić information content (AvgIpc) is 2.39. The highest BCUT2D eigenvalue weighted by Crippen LogP contribution is 1.91. The van der Waals surface area contributed by atoms with Crippen molar-refractivity contribution >= 4 is 44.9 Å². The van der Waals surface area contributed by atoms with Crippen molar-refractivity contribution in [2.45, 2.75) is 6.92 Å². The summed E-state index contributed by atoms with van der Waals surface area (Å²) in [4.78, 5) is 2.18. The molecule has 0 spiro atoms. The number of nitrogens with zero attached hydrogens (tertiary/aromatic N) is 1. The maximum Gasteiger partial charge on any atom is 0.212 e. The molecule has 3 N–H and O–H groups in total. The topological polar surface area (TPSA) is 108 Å². The van der Waals surface area contributed by atoms with Gasteiger partial charge in [0.1, 0.15) is 0 Å². The molecule has 0 aromatic carbocycles. The lowest BCUT2D eigenvalue weighted by molar-refractivity contribution is 0.245. The number of halogens is 2. The molecule has 0 amide bonds. The highest BCUT2D eigenvalue weighted by molar-refractivity contribution is 7.90. The molecule has 1 aliphatic rings. The zero-order valence-corrected chi connectivity index (χ0v) is 15.8. The van der Waals surface area contributed by atoms with E-state index in [0.29, 0.717) is 13.1 Å². The van der Waals surface area contributed by atoms with Crippen molar-refractivity contribution in [1.82, 2.24) is 19.7 Å². The minimum Gasteiger partial charge on any atom is -0.314 e. The lowest BCUT2D eigenvalue weighted by atomic mass is 10.3. The van der Waals surface area contributed by atoms with E-state index < -0.39 is 20.0 Å². The van der Waals surface area contributed by atoms with Crippen LogP contribution in [0.2, 0.25) is 0 Å². The lowest BCUT2D eigenvalue weighted by Gasteiger charge is -2.27. The SMILES string of the molecule is CCS(=O)(=O)NCCS(=O)(=O)NCCN1CCNCC1.Cl.Cl. The predicted octanol–water partition coefficient (Wildman–Crippen LogP) is -1.41. The number of hydrogen-bond acceptors (Lipinski definition) is 6. The summed E-state index contributed by atoms with van der Waals surface area (Å²) in [5.74, 6) is -0.294. The normalized spacial score (nSPS) is 16.6. The number of rotatable bonds is 9. The van der Waals surface area contributed by atoms with Crippen LogP contribution in [0.25, 0.3) is 0 Å². The summed E-state index contributed by atoms with van der Waals surface area (Å²) in [5.41, 5.74) is 0. The van der Waals surface area contributed by atoms with Crippen LogP contribution in [0, 0.1) is 0 Å². The largest absolute Gasteiger partial charge is 0.314 e. The summed E-state index contributed by atoms with van der Waals surface area (Å²) in [5, 5.41) is 3.22. The highest BCUT2D eigenvalue weighted by atomic mass is 35.5. The maximum absolute atomic E-state index is 11.7. The van der Waals surface area contributed by atoms with Crippen molar-refractivity contribution in [2.75, 3.05) is 57.3 Å². The van der Waals surface area contributed by atoms with Gasteiger partial charge in [0.2, 0.25) is 20.0 Å². The van der Waals surface area contributed by atoms with E-state index in [1.807, 2.05) is 0 Å². The summed E-state index contributed by atoms with van der Waals surface area (Å²) in [6, 6.07) is 0. The van der Waals surface area contributed by atoms with E-state index in [2.05, 4.69) is 19.7 Å². The first-order chi connectivity index (χ1) is 9.35. The highest BCUT2D eigenvalue weighted by Gasteiger charge is 2.14. The Morgan fingerprint density at radius 1 is 0.955 bits per heavy atom. The molecule has 22 heavy (non-hydrogen) atoms. The van der Waals surface area contributed by atoms with E-state index in [0.717, 1.165) is 26.2 Å². The van der Waals surface area contributed by atoms with Gasteiger partial charge in [0.25, 0.3) is 0 Å². The van der Waals surface area contributed by atoms with E-state index in [-0.39, 0.29) is 42.9 Å². The number of sulfonamides is 2. The Hall–Kier alpha value is 0.320. The molecule has 1 saturated heterocycles. The molecule has 8 nitrogen and oxygen atoms in total. The van der Waals surface area contributed by atoms with Crippen LogP contribution in [0.15, 0.2) is 0 Å². The summed E-state index contributed by atoms with van der Waals surface area (Å²) in [6.07, 6.45) is 0. The smallest absolute Gasteiger partial charge is 0.212 e. The monoisotopic (exact) mass is 400 g/mol. The van der Waals surface area contributed by atoms with E-state index >= 15 is 0 Å². The molecule has 1 fully saturated rings. The van der Waals surface area contributed by atoms with Crippen LogP contribution in [-0.4, -0.2) is 79.1 Å². The van der Waals surface area contributed by atoms with Crippen molar-refractivity contribution in [3.63, 3.8) is 0 Å². The van der Waals surface area contributed by atoms with Crippen LogP contribution in [0.5, 0.6) is 0 Å². The zero-order valence-electron chi connectivity index (χ0n) is 12.6. The molecule has 0 aromatic heterocycles. The maximum atomic E-state index is 11.7. The molecule has 1 rings (SSSR count). The minimum atomic E-state index is -3.43. The molecule has 1 heterocycles. The third kappa shape index (κ3) is 10.9. The van der Waals surface area contributed by atoms with E-state index in [9.17, 15) is 16.8 Å². The van der Waals surface area contributed by atoms with Crippen molar-refractivity contribution in [1.29, 1.82) is 0 Å². The second-order valence-corrected chi connectivity index (χ2v) is 8.62. The van der Waals surface area contributed by atoms with Gasteiger partial charge in [-0.1, -0.05) is 0 Å². The van der Waals surface area contributed by atoms with Crippen LogP contribution < -0.4 is 14.8 Å². The summed E-state index contributed by atoms with van der Waals surface area (Å²) in [6.45, 7) is 6.10. The van der Waals surface area contributed by atoms with Gasteiger partial charge in [-0.2, -0.15) is 0 Å². The first kappa shape index (κ1) is 24.6. The van der Waals surface area contributed by atoms with Gasteiger partial charge < -0.3 is 5.32 Å². The van der Waals surface area contributed by atoms with E-state index in [1.165, 1.54) is 6.92 Å². The summed E-state index contributed by atoms with van der Waals surface area (Å²) >= 11 is 0. The zero-order chi connectivity index (χ0) is 15.1. The van der Waals surface area contributed by atoms with Crippen molar-refractivity contribution in [3.05, 3.63) is 0 Å². The Balaban J connectivity index is 0. The van der Waals surface area contributed by atoms with Crippen molar-refractivity contribution < 1.29 is 16.8 Å². The number of hydrogen-bond donors (Lipinski definition) is 3. The third-order valence-electron chi connectivity index (χ3n) is 3.03. The molecule has 12 heteroatoms. The number of piperazine rings is 1. The second kappa shape index (κ2) is 11.8. The predicted molar refractivity (Wildman–Crippen MR) is 93.1 cm³/mol. The fourth-order valence-corrected chi connectivity index (χ4v) is 3.46. The molecule has 0 saturated carbocycles. The van der Waals surface area contributed by atoms with Crippen LogP contribution in [0.1, 0.15) is 6.92 Å². The lowest BCUT2D eigenvalue weighted by Crippen LogP contribution is -2.46. The van der Waals surface area contributed by atoms with Crippen molar-refractivity contribution in [2.24, 2.45) is 0 Å². The molecule has 0 bridgehead atoms. The van der Waals surface area contributed by atoms with Gasteiger partial charge >= 0.3 is 0 Å². The molecule has 1 aliphatic heterocycles. The summed E-state index contributed by atoms with van der Waals surface area (Å²) < 4.78 is 50.4. The van der Waals surface area contributed by atoms with Crippen molar-refractivity contribution in [3.8, 4) is 0 Å². The summed E-state index contributed by atoms with van der Waals surface area (Å²) in [7, 11) is -6.77. The van der Waals surface area contributed by atoms with Gasteiger partial charge in [-0.05, 0) is 6.92 Å². The fraction of sp³-hybridized carbons (Fsp3) is 1.00. The van der Waals surface area contributed by atoms with Crippen LogP contribution >= 0.6 is 24.8 Å². The Morgan fingerprint density at radius 3 is 2.05 bits per heavy atom. The Bertz CT molecular complexity index is 481. The molecular formula is C10H26Cl2N4O4S2. The Kier molecular flexibility index (Phi) is 13.2. The molecule has 0 atom stereocenters. The van der Waals surface area contributed by atoms with Gasteiger partial charge in [-0.25, -0.2) is 26.3 Å². The molecular weight excluding hydrogens is 375 g/mol. The quantitative estimate of drug-likeness (QED) is 0.439. The molecule has 0 aromatic rings. The Morgan fingerprint density at radius 2 is 1.50 bits per heavy atom. The van der Waals surface area contributed by atoms with Gasteiger partial charge in [0.15, 0.2) is 0 Å². The standard InChI is InChI=1S/C10H24N4O4S2.2ClH/c1-2-19(15,16)13-6-10-20(17,18)12-5-9-14-7-3-11-4-8-14;;/h11-13H,2-10H2,1H3;2*1H. The first-order valence-corrected chi connectivity index (χ1v) is 10.0. The third-order valence-corrected chi connectivity index (χ3v) is 5.82. The van der Waals surface area contributed by atoms with Gasteiger partial charge in [0.05, 0.1) is 11.5 Å². The van der Waals surface area contributed by atoms with Gasteiger partial charge in [-0.3, -0.25) is 4.90 Å². The van der Waals surface area contributed by atoms with Crippen LogP contribution in [-0.2, 0) is 20.0 Å². The van der Waals surface area contributed by atoms with Crippen LogP contribution in [0.4, 0.5) is 0 Å². The minimum absolute atomic E-state index is 0. The molecule has 136 valence electrons. The molecule has 0 radical (unpaired) electrons. The fourth-order valence-electron chi connectivity index (χ4n) is 1.80. The van der Waals surface area contributed by atoms with Gasteiger partial charge in [0, 0.05) is 45.8 Å². The molecule has 0 aliphatic carbocycles. The number of nitrogens with one attached hydrogen (secondary N) is 3. The average molecular weight is 401 g/mol. The van der Waals surface area contributed by atoms with Gasteiger partial charge in [-0.15, -0.1) is 24.8 Å². The Labute approximate surface area is 145 Å². The van der Waals surface area contributed by atoms with E-state index in [4.69, 9.17) is 0 Å². The molecule has 0 unspecified atom stereocenters. The first-order valence-electron chi connectivity index (χ1n) is 6.72.